The molecular formula is C12H14Cl2N4O. The number of ether oxygens (including phenoxy) is 1. The van der Waals surface area contributed by atoms with Gasteiger partial charge in [0.2, 0.25) is 0 Å². The van der Waals surface area contributed by atoms with E-state index in [1.165, 1.54) is 0 Å². The molecule has 1 unspecified atom stereocenters. The van der Waals surface area contributed by atoms with Gasteiger partial charge in [0.05, 0.1) is 29.3 Å². The summed E-state index contributed by atoms with van der Waals surface area (Å²) < 4.78 is 5.30. The van der Waals surface area contributed by atoms with Gasteiger partial charge in [0.15, 0.2) is 6.10 Å². The number of nitriles is 1. The number of aromatic nitrogens is 1. The van der Waals surface area contributed by atoms with E-state index in [-0.39, 0.29) is 0 Å². The van der Waals surface area contributed by atoms with Gasteiger partial charge in [-0.3, -0.25) is 0 Å². The number of nitrogens with zero attached hydrogens (tertiary/aromatic N) is 3. The van der Waals surface area contributed by atoms with Gasteiger partial charge in [0.25, 0.3) is 0 Å². The maximum Gasteiger partial charge on any atom is 0.161 e. The summed E-state index contributed by atoms with van der Waals surface area (Å²) in [6, 6.07) is 3.76. The molecule has 0 aromatic carbocycles. The summed E-state index contributed by atoms with van der Waals surface area (Å²) in [5.41, 5.74) is 0. The molecule has 1 atom stereocenters. The molecule has 2 heterocycles. The average Bonchev–Trinajstić information content (AvgIpc) is 2.42. The van der Waals surface area contributed by atoms with E-state index in [2.05, 4.69) is 16.4 Å². The lowest BCUT2D eigenvalue weighted by Gasteiger charge is -2.31. The highest BCUT2D eigenvalue weighted by molar-refractivity contribution is 6.37. The summed E-state index contributed by atoms with van der Waals surface area (Å²) in [4.78, 5) is 6.38. The zero-order valence-corrected chi connectivity index (χ0v) is 12.0. The first-order valence-corrected chi connectivity index (χ1v) is 6.77. The predicted octanol–water partition coefficient (Wildman–Crippen LogP) is 2.55. The number of pyridine rings is 1. The zero-order chi connectivity index (χ0) is 13.8. The minimum absolute atomic E-state index is 0.454. The van der Waals surface area contributed by atoms with Crippen molar-refractivity contribution in [1.29, 1.82) is 5.26 Å². The maximum atomic E-state index is 8.92. The third-order valence-electron chi connectivity index (χ3n) is 2.77. The van der Waals surface area contributed by atoms with Crippen LogP contribution >= 0.6 is 23.2 Å². The monoisotopic (exact) mass is 300 g/mol. The van der Waals surface area contributed by atoms with Crippen LogP contribution in [0.15, 0.2) is 6.07 Å². The lowest BCUT2D eigenvalue weighted by molar-refractivity contribution is 0.0762. The zero-order valence-electron chi connectivity index (χ0n) is 10.5. The van der Waals surface area contributed by atoms with Crippen LogP contribution in [-0.4, -0.2) is 37.3 Å². The Bertz CT molecular complexity index is 503. The molecule has 0 spiro atoms. The molecule has 7 heteroatoms. The van der Waals surface area contributed by atoms with Crippen molar-refractivity contribution in [2.45, 2.75) is 13.0 Å². The molecule has 1 aliphatic rings. The van der Waals surface area contributed by atoms with Crippen LogP contribution < -0.4 is 10.2 Å². The van der Waals surface area contributed by atoms with Gasteiger partial charge >= 0.3 is 0 Å². The fourth-order valence-corrected chi connectivity index (χ4v) is 2.43. The number of rotatable bonds is 3. The minimum Gasteiger partial charge on any atom is -0.369 e. The van der Waals surface area contributed by atoms with Crippen LogP contribution in [0, 0.1) is 11.3 Å². The first kappa shape index (κ1) is 14.2. The third kappa shape index (κ3) is 3.21. The summed E-state index contributed by atoms with van der Waals surface area (Å²) in [6.45, 7) is 4.27. The molecule has 0 amide bonds. The lowest BCUT2D eigenvalue weighted by Crippen LogP contribution is -2.42. The van der Waals surface area contributed by atoms with Crippen molar-refractivity contribution in [2.75, 3.05) is 36.5 Å². The largest absolute Gasteiger partial charge is 0.369 e. The number of halogens is 2. The van der Waals surface area contributed by atoms with Crippen molar-refractivity contribution in [3.63, 3.8) is 0 Å². The van der Waals surface area contributed by atoms with Crippen LogP contribution in [0.25, 0.3) is 0 Å². The van der Waals surface area contributed by atoms with Crippen LogP contribution in [0.5, 0.6) is 0 Å². The second-order valence-electron chi connectivity index (χ2n) is 4.09. The summed E-state index contributed by atoms with van der Waals surface area (Å²) in [5.74, 6) is 1.23. The normalized spacial score (nSPS) is 19.1. The number of hydrogen-bond donors (Lipinski definition) is 1. The molecule has 0 radical (unpaired) electrons. The number of morpholine rings is 1. The van der Waals surface area contributed by atoms with Crippen LogP contribution in [0.4, 0.5) is 11.6 Å². The number of nitrogens with one attached hydrogen (secondary N) is 1. The van der Waals surface area contributed by atoms with Gasteiger partial charge < -0.3 is 15.0 Å². The molecule has 1 fully saturated rings. The van der Waals surface area contributed by atoms with E-state index in [0.29, 0.717) is 41.4 Å². The Kier molecular flexibility index (Phi) is 4.70. The molecule has 1 aromatic heterocycles. The second-order valence-corrected chi connectivity index (χ2v) is 4.90. The Balaban J connectivity index is 2.28. The summed E-state index contributed by atoms with van der Waals surface area (Å²) in [7, 11) is 0. The molecule has 1 N–H and O–H groups in total. The van der Waals surface area contributed by atoms with Crippen molar-refractivity contribution < 1.29 is 4.74 Å². The quantitative estimate of drug-likeness (QED) is 0.929. The third-order valence-corrected chi connectivity index (χ3v) is 3.33. The van der Waals surface area contributed by atoms with Crippen LogP contribution in [0.2, 0.25) is 10.0 Å². The van der Waals surface area contributed by atoms with E-state index in [0.717, 1.165) is 6.54 Å². The molecule has 1 aliphatic heterocycles. The Morgan fingerprint density at radius 2 is 2.37 bits per heavy atom. The predicted molar refractivity (Wildman–Crippen MR) is 76.0 cm³/mol. The fraction of sp³-hybridized carbons (Fsp3) is 0.500. The standard InChI is InChI=1S/C12H14Cl2N4O/c1-2-16-11-9(13)5-10(14)12(17-11)18-3-4-19-8(6-15)7-18/h5,8H,2-4,7H2,1H3,(H,16,17). The van der Waals surface area contributed by atoms with Gasteiger partial charge in [-0.2, -0.15) is 5.26 Å². The maximum absolute atomic E-state index is 8.92. The van der Waals surface area contributed by atoms with Crippen molar-refractivity contribution in [1.82, 2.24) is 4.98 Å². The fourth-order valence-electron chi connectivity index (χ4n) is 1.89. The molecule has 5 nitrogen and oxygen atoms in total. The number of anilines is 2. The summed E-state index contributed by atoms with van der Waals surface area (Å²) in [5, 5.41) is 13.0. The van der Waals surface area contributed by atoms with Gasteiger partial charge in [-0.15, -0.1) is 0 Å². The summed E-state index contributed by atoms with van der Waals surface area (Å²) >= 11 is 12.3. The van der Waals surface area contributed by atoms with Crippen molar-refractivity contribution in [2.24, 2.45) is 0 Å². The molecule has 2 rings (SSSR count). The van der Waals surface area contributed by atoms with Crippen molar-refractivity contribution in [3.8, 4) is 6.07 Å². The highest BCUT2D eigenvalue weighted by Gasteiger charge is 2.23. The average molecular weight is 301 g/mol. The first-order valence-electron chi connectivity index (χ1n) is 6.01. The van der Waals surface area contributed by atoms with Crippen LogP contribution in [0.1, 0.15) is 6.92 Å². The Labute approximate surface area is 122 Å². The van der Waals surface area contributed by atoms with E-state index in [1.54, 1.807) is 6.07 Å². The highest BCUT2D eigenvalue weighted by Crippen LogP contribution is 2.32. The van der Waals surface area contributed by atoms with Crippen LogP contribution in [0.3, 0.4) is 0 Å². The van der Waals surface area contributed by atoms with E-state index in [9.17, 15) is 0 Å². The second kappa shape index (κ2) is 6.29. The Hall–Kier alpha value is -1.22. The molecule has 0 saturated carbocycles. The molecule has 19 heavy (non-hydrogen) atoms. The molecule has 1 aromatic rings. The molecule has 1 saturated heterocycles. The van der Waals surface area contributed by atoms with E-state index < -0.39 is 6.10 Å². The van der Waals surface area contributed by atoms with E-state index >= 15 is 0 Å². The van der Waals surface area contributed by atoms with E-state index in [4.69, 9.17) is 33.2 Å². The number of hydrogen-bond acceptors (Lipinski definition) is 5. The highest BCUT2D eigenvalue weighted by atomic mass is 35.5. The topological polar surface area (TPSA) is 61.2 Å². The van der Waals surface area contributed by atoms with E-state index in [1.807, 2.05) is 11.8 Å². The lowest BCUT2D eigenvalue weighted by atomic mass is 10.3. The first-order chi connectivity index (χ1) is 9.15. The minimum atomic E-state index is -0.454. The molecule has 0 bridgehead atoms. The SMILES string of the molecule is CCNc1nc(N2CCOC(C#N)C2)c(Cl)cc1Cl. The Morgan fingerprint density at radius 1 is 1.58 bits per heavy atom. The molecule has 102 valence electrons. The molecule has 0 aliphatic carbocycles. The van der Waals surface area contributed by atoms with Crippen molar-refractivity contribution in [3.05, 3.63) is 16.1 Å². The smallest absolute Gasteiger partial charge is 0.161 e. The molecular weight excluding hydrogens is 287 g/mol. The Morgan fingerprint density at radius 3 is 3.05 bits per heavy atom. The summed E-state index contributed by atoms with van der Waals surface area (Å²) in [6.07, 6.45) is -0.454. The van der Waals surface area contributed by atoms with Gasteiger partial charge in [-0.1, -0.05) is 23.2 Å². The van der Waals surface area contributed by atoms with Gasteiger partial charge in [0, 0.05) is 13.1 Å². The van der Waals surface area contributed by atoms with Gasteiger partial charge in [-0.05, 0) is 13.0 Å². The van der Waals surface area contributed by atoms with Gasteiger partial charge in [0.1, 0.15) is 11.6 Å². The van der Waals surface area contributed by atoms with Crippen molar-refractivity contribution >= 4 is 34.8 Å². The van der Waals surface area contributed by atoms with Crippen LogP contribution in [-0.2, 0) is 4.74 Å². The van der Waals surface area contributed by atoms with Gasteiger partial charge in [-0.25, -0.2) is 4.98 Å².